The summed E-state index contributed by atoms with van der Waals surface area (Å²) < 4.78 is 34.3. The number of carbonyl (C=O) groups is 1. The minimum Gasteiger partial charge on any atom is -0.461 e. The maximum Gasteiger partial charge on any atom is 0.330 e. The fourth-order valence-corrected chi connectivity index (χ4v) is 1.31. The van der Waals surface area contributed by atoms with Crippen LogP contribution >= 0.6 is 0 Å². The largest absolute Gasteiger partial charge is 0.461 e. The van der Waals surface area contributed by atoms with Gasteiger partial charge in [0.2, 0.25) is 0 Å². The average molecular weight is 208 g/mol. The van der Waals surface area contributed by atoms with E-state index < -0.39 is 21.3 Å². The number of esters is 1. The maximum absolute atomic E-state index is 10.6. The van der Waals surface area contributed by atoms with E-state index in [1.165, 1.54) is 0 Å². The second kappa shape index (κ2) is 4.98. The highest BCUT2D eigenvalue weighted by Crippen LogP contribution is 2.04. The van der Waals surface area contributed by atoms with E-state index in [1.54, 1.807) is 6.92 Å². The van der Waals surface area contributed by atoms with Crippen molar-refractivity contribution < 1.29 is 22.5 Å². The molecular weight excluding hydrogens is 196 g/mol. The lowest BCUT2D eigenvalue weighted by atomic mass is 10.3. The van der Waals surface area contributed by atoms with E-state index in [1.807, 2.05) is 0 Å². The molecule has 0 aliphatic heterocycles. The third-order valence-electron chi connectivity index (χ3n) is 1.45. The molecule has 0 aliphatic carbocycles. The monoisotopic (exact) mass is 208 g/mol. The van der Waals surface area contributed by atoms with Crippen LogP contribution in [0.4, 0.5) is 0 Å². The van der Waals surface area contributed by atoms with Gasteiger partial charge in [0.1, 0.15) is 11.9 Å². The lowest BCUT2D eigenvalue weighted by Gasteiger charge is -2.10. The molecule has 5 nitrogen and oxygen atoms in total. The molecule has 76 valence electrons. The van der Waals surface area contributed by atoms with E-state index in [-0.39, 0.29) is 13.0 Å². The average Bonchev–Trinajstić information content (AvgIpc) is 2.02. The maximum atomic E-state index is 10.6. The van der Waals surface area contributed by atoms with Crippen molar-refractivity contribution in [1.82, 2.24) is 0 Å². The number of ether oxygens (including phenoxy) is 1. The Labute approximate surface area is 77.1 Å². The summed E-state index contributed by atoms with van der Waals surface area (Å²) >= 11 is 0. The van der Waals surface area contributed by atoms with Gasteiger partial charge in [-0.1, -0.05) is 13.5 Å². The van der Waals surface area contributed by atoms with Gasteiger partial charge in [-0.05, 0) is 6.42 Å². The van der Waals surface area contributed by atoms with Crippen LogP contribution in [0.2, 0.25) is 0 Å². The van der Waals surface area contributed by atoms with Crippen LogP contribution in [0.15, 0.2) is 12.7 Å². The van der Waals surface area contributed by atoms with Gasteiger partial charge >= 0.3 is 5.97 Å². The van der Waals surface area contributed by atoms with Crippen LogP contribution in [-0.2, 0) is 19.6 Å². The third-order valence-corrected chi connectivity index (χ3v) is 2.77. The molecule has 0 saturated carbocycles. The third kappa shape index (κ3) is 4.64. The lowest BCUT2D eigenvalue weighted by Crippen LogP contribution is -2.26. The lowest BCUT2D eigenvalue weighted by molar-refractivity contribution is -0.137. The molecule has 1 N–H and O–H groups in total. The first-order chi connectivity index (χ1) is 5.91. The molecule has 0 fully saturated rings. The van der Waals surface area contributed by atoms with Gasteiger partial charge in [-0.25, -0.2) is 4.79 Å². The van der Waals surface area contributed by atoms with Crippen molar-refractivity contribution in [2.75, 3.05) is 6.61 Å². The van der Waals surface area contributed by atoms with Gasteiger partial charge in [0.25, 0.3) is 10.1 Å². The molecule has 1 atom stereocenters. The molecule has 0 saturated heterocycles. The van der Waals surface area contributed by atoms with E-state index in [2.05, 4.69) is 11.3 Å². The summed E-state index contributed by atoms with van der Waals surface area (Å²) in [6.07, 6.45) is 1.11. The first kappa shape index (κ1) is 12.1. The molecule has 13 heavy (non-hydrogen) atoms. The Morgan fingerprint density at radius 1 is 1.69 bits per heavy atom. The zero-order valence-electron chi connectivity index (χ0n) is 7.26. The van der Waals surface area contributed by atoms with E-state index in [9.17, 15) is 13.2 Å². The smallest absolute Gasteiger partial charge is 0.330 e. The number of rotatable bonds is 5. The molecule has 0 aromatic heterocycles. The summed E-state index contributed by atoms with van der Waals surface area (Å²) in [6.45, 7) is 4.36. The van der Waals surface area contributed by atoms with E-state index >= 15 is 0 Å². The van der Waals surface area contributed by atoms with Crippen LogP contribution in [0.25, 0.3) is 0 Å². The van der Waals surface area contributed by atoms with Crippen molar-refractivity contribution in [2.45, 2.75) is 18.6 Å². The first-order valence-electron chi connectivity index (χ1n) is 3.67. The zero-order chi connectivity index (χ0) is 10.5. The molecule has 0 aliphatic rings. The van der Waals surface area contributed by atoms with Crippen LogP contribution in [0, 0.1) is 0 Å². The Morgan fingerprint density at radius 2 is 2.23 bits per heavy atom. The quantitative estimate of drug-likeness (QED) is 0.401. The van der Waals surface area contributed by atoms with Crippen LogP contribution < -0.4 is 0 Å². The van der Waals surface area contributed by atoms with E-state index in [4.69, 9.17) is 4.55 Å². The Balaban J connectivity index is 4.16. The topological polar surface area (TPSA) is 80.7 Å². The number of hydrogen-bond donors (Lipinski definition) is 1. The Bertz CT molecular complexity index is 279. The number of hydrogen-bond acceptors (Lipinski definition) is 4. The molecule has 0 spiro atoms. The van der Waals surface area contributed by atoms with Crippen molar-refractivity contribution in [2.24, 2.45) is 0 Å². The molecule has 0 aromatic carbocycles. The molecule has 0 rings (SSSR count). The van der Waals surface area contributed by atoms with Crippen molar-refractivity contribution >= 4 is 16.1 Å². The summed E-state index contributed by atoms with van der Waals surface area (Å²) in [7, 11) is -4.13. The summed E-state index contributed by atoms with van der Waals surface area (Å²) in [5, 5.41) is -1.06. The second-order valence-electron chi connectivity index (χ2n) is 2.38. The van der Waals surface area contributed by atoms with E-state index in [0.29, 0.717) is 0 Å². The SMILES string of the molecule is C=CC(=O)OCC(CC)S(=O)(=O)O. The van der Waals surface area contributed by atoms with Gasteiger partial charge in [0, 0.05) is 6.08 Å². The highest BCUT2D eigenvalue weighted by Gasteiger charge is 2.22. The standard InChI is InChI=1S/C7H12O5S/c1-3-6(13(9,10)11)5-12-7(8)4-2/h4,6H,2-3,5H2,1H3,(H,9,10,11). The van der Waals surface area contributed by atoms with Crippen molar-refractivity contribution in [3.05, 3.63) is 12.7 Å². The van der Waals surface area contributed by atoms with Crippen molar-refractivity contribution in [1.29, 1.82) is 0 Å². The fourth-order valence-electron chi connectivity index (χ4n) is 0.648. The predicted octanol–water partition coefficient (Wildman–Crippen LogP) is 0.382. The molecule has 0 bridgehead atoms. The van der Waals surface area contributed by atoms with Crippen molar-refractivity contribution in [3.63, 3.8) is 0 Å². The van der Waals surface area contributed by atoms with Gasteiger partial charge in [0.05, 0.1) is 0 Å². The molecule has 0 heterocycles. The first-order valence-corrected chi connectivity index (χ1v) is 5.17. The predicted molar refractivity (Wildman–Crippen MR) is 46.8 cm³/mol. The normalized spacial score (nSPS) is 13.4. The van der Waals surface area contributed by atoms with Gasteiger partial charge in [-0.2, -0.15) is 8.42 Å². The summed E-state index contributed by atoms with van der Waals surface area (Å²) in [6, 6.07) is 0. The second-order valence-corrected chi connectivity index (χ2v) is 4.08. The summed E-state index contributed by atoms with van der Waals surface area (Å²) in [4.78, 5) is 10.5. The molecule has 1 unspecified atom stereocenters. The fraction of sp³-hybridized carbons (Fsp3) is 0.571. The summed E-state index contributed by atoms with van der Waals surface area (Å²) in [5.74, 6) is -0.706. The Morgan fingerprint density at radius 3 is 2.54 bits per heavy atom. The van der Waals surface area contributed by atoms with Gasteiger partial charge in [-0.3, -0.25) is 4.55 Å². The van der Waals surface area contributed by atoms with Crippen LogP contribution in [-0.4, -0.2) is 30.8 Å². The summed E-state index contributed by atoms with van der Waals surface area (Å²) in [5.41, 5.74) is 0. The highest BCUT2D eigenvalue weighted by atomic mass is 32.2. The van der Waals surface area contributed by atoms with Crippen LogP contribution in [0.5, 0.6) is 0 Å². The van der Waals surface area contributed by atoms with E-state index in [0.717, 1.165) is 6.08 Å². The number of carbonyl (C=O) groups excluding carboxylic acids is 1. The van der Waals surface area contributed by atoms with Crippen molar-refractivity contribution in [3.8, 4) is 0 Å². The molecule has 0 aromatic rings. The Kier molecular flexibility index (Phi) is 4.64. The molecular formula is C7H12O5S. The molecule has 0 radical (unpaired) electrons. The zero-order valence-corrected chi connectivity index (χ0v) is 8.08. The van der Waals surface area contributed by atoms with Crippen LogP contribution in [0.3, 0.4) is 0 Å². The van der Waals surface area contributed by atoms with Gasteiger partial charge in [-0.15, -0.1) is 0 Å². The van der Waals surface area contributed by atoms with Gasteiger partial charge in [0.15, 0.2) is 0 Å². The minimum absolute atomic E-state index is 0.184. The van der Waals surface area contributed by atoms with Crippen LogP contribution in [0.1, 0.15) is 13.3 Å². The molecule has 0 amide bonds. The highest BCUT2D eigenvalue weighted by molar-refractivity contribution is 7.86. The molecule has 6 heteroatoms. The van der Waals surface area contributed by atoms with Gasteiger partial charge < -0.3 is 4.74 Å². The Hall–Kier alpha value is -0.880. The minimum atomic E-state index is -4.13.